The Morgan fingerprint density at radius 3 is 2.75 bits per heavy atom. The zero-order valence-electron chi connectivity index (χ0n) is 16.9. The predicted molar refractivity (Wildman–Crippen MR) is 111 cm³/mol. The molecule has 1 aromatic rings. The summed E-state index contributed by atoms with van der Waals surface area (Å²) in [5, 5.41) is 5.71. The van der Waals surface area contributed by atoms with Crippen molar-refractivity contribution in [3.63, 3.8) is 0 Å². The van der Waals surface area contributed by atoms with E-state index in [9.17, 15) is 9.59 Å². The molecule has 7 nitrogen and oxygen atoms in total. The van der Waals surface area contributed by atoms with E-state index in [4.69, 9.17) is 4.74 Å². The van der Waals surface area contributed by atoms with Crippen molar-refractivity contribution in [2.24, 2.45) is 0 Å². The van der Waals surface area contributed by atoms with E-state index in [2.05, 4.69) is 22.6 Å². The summed E-state index contributed by atoms with van der Waals surface area (Å²) in [5.41, 5.74) is 1.52. The topological polar surface area (TPSA) is 73.9 Å². The molecule has 0 radical (unpaired) electrons. The summed E-state index contributed by atoms with van der Waals surface area (Å²) < 4.78 is 5.89. The van der Waals surface area contributed by atoms with Gasteiger partial charge in [-0.05, 0) is 57.9 Å². The number of carbonyl (C=O) groups is 2. The summed E-state index contributed by atoms with van der Waals surface area (Å²) in [4.78, 5) is 28.3. The van der Waals surface area contributed by atoms with Gasteiger partial charge in [0.15, 0.2) is 0 Å². The van der Waals surface area contributed by atoms with Gasteiger partial charge in [0.25, 0.3) is 0 Å². The molecule has 2 N–H and O–H groups in total. The predicted octanol–water partition coefficient (Wildman–Crippen LogP) is 2.82. The second kappa shape index (κ2) is 9.89. The van der Waals surface area contributed by atoms with Gasteiger partial charge in [-0.3, -0.25) is 4.79 Å². The number of piperidine rings is 1. The standard InChI is InChI=1S/C21H32N4O3/c1-16-7-8-20(26)25(16)18-6-3-5-17(15-18)23-21(27)22-11-4-14-28-19-9-12-24(2)13-10-19/h3,5-6,15-16,19H,4,7-14H2,1-2H3,(H2,22,23,27). The summed E-state index contributed by atoms with van der Waals surface area (Å²) in [5.74, 6) is 0.138. The van der Waals surface area contributed by atoms with Crippen LogP contribution in [0.25, 0.3) is 0 Å². The lowest BCUT2D eigenvalue weighted by atomic mass is 10.1. The fraction of sp³-hybridized carbons (Fsp3) is 0.619. The summed E-state index contributed by atoms with van der Waals surface area (Å²) in [6.45, 7) is 5.46. The molecular formula is C21H32N4O3. The van der Waals surface area contributed by atoms with E-state index in [0.29, 0.717) is 31.4 Å². The average molecular weight is 389 g/mol. The van der Waals surface area contributed by atoms with Crippen molar-refractivity contribution in [1.82, 2.24) is 10.2 Å². The van der Waals surface area contributed by atoms with Crippen LogP contribution in [0.1, 0.15) is 39.0 Å². The van der Waals surface area contributed by atoms with Crippen molar-refractivity contribution >= 4 is 23.3 Å². The molecule has 1 aromatic carbocycles. The monoisotopic (exact) mass is 388 g/mol. The van der Waals surface area contributed by atoms with Gasteiger partial charge in [-0.2, -0.15) is 0 Å². The number of hydrogen-bond donors (Lipinski definition) is 2. The SMILES string of the molecule is CC1CCC(=O)N1c1cccc(NC(=O)NCCCOC2CCN(C)CC2)c1. The highest BCUT2D eigenvalue weighted by Gasteiger charge is 2.28. The number of amides is 3. The third kappa shape index (κ3) is 5.69. The molecule has 2 aliphatic rings. The van der Waals surface area contributed by atoms with Gasteiger partial charge in [0, 0.05) is 50.1 Å². The van der Waals surface area contributed by atoms with Crippen LogP contribution < -0.4 is 15.5 Å². The molecule has 2 heterocycles. The van der Waals surface area contributed by atoms with Gasteiger partial charge in [-0.15, -0.1) is 0 Å². The number of carbonyl (C=O) groups excluding carboxylic acids is 2. The van der Waals surface area contributed by atoms with Crippen LogP contribution in [0.4, 0.5) is 16.2 Å². The Hall–Kier alpha value is -2.12. The Labute approximate surface area is 167 Å². The summed E-state index contributed by atoms with van der Waals surface area (Å²) >= 11 is 0. The molecular weight excluding hydrogens is 356 g/mol. The van der Waals surface area contributed by atoms with Gasteiger partial charge >= 0.3 is 6.03 Å². The first kappa shape index (κ1) is 20.6. The van der Waals surface area contributed by atoms with Crippen molar-refractivity contribution in [3.05, 3.63) is 24.3 Å². The second-order valence-electron chi connectivity index (χ2n) is 7.81. The van der Waals surface area contributed by atoms with E-state index >= 15 is 0 Å². The summed E-state index contributed by atoms with van der Waals surface area (Å²) in [6, 6.07) is 7.40. The fourth-order valence-electron chi connectivity index (χ4n) is 3.81. The van der Waals surface area contributed by atoms with Crippen LogP contribution in [0.15, 0.2) is 24.3 Å². The van der Waals surface area contributed by atoms with Gasteiger partial charge in [0.2, 0.25) is 5.91 Å². The first-order valence-corrected chi connectivity index (χ1v) is 10.3. The Kier molecular flexibility index (Phi) is 7.28. The maximum absolute atomic E-state index is 12.1. The largest absolute Gasteiger partial charge is 0.378 e. The van der Waals surface area contributed by atoms with Gasteiger partial charge in [-0.1, -0.05) is 6.07 Å². The minimum atomic E-state index is -0.239. The van der Waals surface area contributed by atoms with E-state index in [1.54, 1.807) is 0 Å². The first-order valence-electron chi connectivity index (χ1n) is 10.3. The molecule has 0 spiro atoms. The third-order valence-electron chi connectivity index (χ3n) is 5.49. The minimum absolute atomic E-state index is 0.138. The molecule has 0 bridgehead atoms. The maximum Gasteiger partial charge on any atom is 0.319 e. The molecule has 28 heavy (non-hydrogen) atoms. The average Bonchev–Trinajstić information content (AvgIpc) is 3.01. The highest BCUT2D eigenvalue weighted by atomic mass is 16.5. The molecule has 7 heteroatoms. The van der Waals surface area contributed by atoms with E-state index in [0.717, 1.165) is 44.5 Å². The Balaban J connectivity index is 1.37. The van der Waals surface area contributed by atoms with Crippen molar-refractivity contribution in [3.8, 4) is 0 Å². The third-order valence-corrected chi connectivity index (χ3v) is 5.49. The van der Waals surface area contributed by atoms with Crippen LogP contribution in [-0.4, -0.2) is 62.3 Å². The molecule has 2 fully saturated rings. The zero-order chi connectivity index (χ0) is 19.9. The van der Waals surface area contributed by atoms with Crippen LogP contribution in [-0.2, 0) is 9.53 Å². The van der Waals surface area contributed by atoms with Crippen molar-refractivity contribution in [1.29, 1.82) is 0 Å². The van der Waals surface area contributed by atoms with Gasteiger partial charge < -0.3 is 25.2 Å². The molecule has 3 rings (SSSR count). The Morgan fingerprint density at radius 1 is 1.25 bits per heavy atom. The lowest BCUT2D eigenvalue weighted by molar-refractivity contribution is -0.117. The molecule has 0 aliphatic carbocycles. The summed E-state index contributed by atoms with van der Waals surface area (Å²) in [6.07, 6.45) is 4.76. The number of rotatable bonds is 7. The molecule has 1 atom stereocenters. The minimum Gasteiger partial charge on any atom is -0.378 e. The van der Waals surface area contributed by atoms with Gasteiger partial charge in [0.05, 0.1) is 6.10 Å². The lowest BCUT2D eigenvalue weighted by Gasteiger charge is -2.28. The number of ether oxygens (including phenoxy) is 1. The molecule has 0 saturated carbocycles. The summed E-state index contributed by atoms with van der Waals surface area (Å²) in [7, 11) is 2.14. The first-order chi connectivity index (χ1) is 13.5. The number of likely N-dealkylation sites (tertiary alicyclic amines) is 1. The number of urea groups is 1. The van der Waals surface area contributed by atoms with Crippen LogP contribution in [0.5, 0.6) is 0 Å². The number of nitrogens with one attached hydrogen (secondary N) is 2. The highest BCUT2D eigenvalue weighted by Crippen LogP contribution is 2.28. The van der Waals surface area contributed by atoms with Crippen molar-refractivity contribution in [2.45, 2.75) is 51.2 Å². The smallest absolute Gasteiger partial charge is 0.319 e. The molecule has 0 aromatic heterocycles. The van der Waals surface area contributed by atoms with Gasteiger partial charge in [-0.25, -0.2) is 4.79 Å². The molecule has 1 unspecified atom stereocenters. The number of benzene rings is 1. The number of anilines is 2. The number of nitrogens with zero attached hydrogens (tertiary/aromatic N) is 2. The van der Waals surface area contributed by atoms with Crippen molar-refractivity contribution in [2.75, 3.05) is 43.5 Å². The van der Waals surface area contributed by atoms with E-state index < -0.39 is 0 Å². The normalized spacial score (nSPS) is 21.1. The molecule has 154 valence electrons. The second-order valence-corrected chi connectivity index (χ2v) is 7.81. The van der Waals surface area contributed by atoms with Crippen LogP contribution in [0.2, 0.25) is 0 Å². The van der Waals surface area contributed by atoms with E-state index in [-0.39, 0.29) is 18.0 Å². The lowest BCUT2D eigenvalue weighted by Crippen LogP contribution is -2.35. The molecule has 2 saturated heterocycles. The van der Waals surface area contributed by atoms with Crippen LogP contribution in [0, 0.1) is 0 Å². The Bertz CT molecular complexity index is 673. The molecule has 3 amide bonds. The zero-order valence-corrected chi connectivity index (χ0v) is 16.9. The number of hydrogen-bond acceptors (Lipinski definition) is 4. The molecule has 2 aliphatic heterocycles. The van der Waals surface area contributed by atoms with Crippen LogP contribution in [0.3, 0.4) is 0 Å². The van der Waals surface area contributed by atoms with Crippen molar-refractivity contribution < 1.29 is 14.3 Å². The maximum atomic E-state index is 12.1. The van der Waals surface area contributed by atoms with Gasteiger partial charge in [0.1, 0.15) is 0 Å². The van der Waals surface area contributed by atoms with E-state index in [1.165, 1.54) is 0 Å². The quantitative estimate of drug-likeness (QED) is 0.705. The van der Waals surface area contributed by atoms with E-state index in [1.807, 2.05) is 36.1 Å². The highest BCUT2D eigenvalue weighted by molar-refractivity contribution is 5.97. The Morgan fingerprint density at radius 2 is 2.04 bits per heavy atom. The van der Waals surface area contributed by atoms with Crippen LogP contribution >= 0.6 is 0 Å². The fourth-order valence-corrected chi connectivity index (χ4v) is 3.81.